The first-order valence-electron chi connectivity index (χ1n) is 2.49. The van der Waals surface area contributed by atoms with Gasteiger partial charge >= 0.3 is 0 Å². The van der Waals surface area contributed by atoms with Gasteiger partial charge in [0.2, 0.25) is 0 Å². The zero-order chi connectivity index (χ0) is 7.28. The highest BCUT2D eigenvalue weighted by Gasteiger charge is 1.91. The molecule has 0 aliphatic carbocycles. The molecule has 0 aromatic carbocycles. The molecule has 0 spiro atoms. The molecule has 9 heavy (non-hydrogen) atoms. The zero-order valence-corrected chi connectivity index (χ0v) is 6.95. The molecule has 0 atom stereocenters. The maximum atomic E-state index is 4.75. The largest absolute Gasteiger partial charge is 0.311 e. The van der Waals surface area contributed by atoms with E-state index in [0.717, 1.165) is 0 Å². The molecular weight excluding hydrogens is 150 g/mol. The lowest BCUT2D eigenvalue weighted by Gasteiger charge is -2.09. The van der Waals surface area contributed by atoms with Crippen molar-refractivity contribution in [2.75, 3.05) is 0 Å². The van der Waals surface area contributed by atoms with Gasteiger partial charge in [0.15, 0.2) is 0 Å². The van der Waals surface area contributed by atoms with Crippen molar-refractivity contribution >= 4 is 29.2 Å². The van der Waals surface area contributed by atoms with E-state index in [1.807, 2.05) is 13.0 Å². The molecule has 0 rings (SSSR count). The minimum atomic E-state index is 0.503. The van der Waals surface area contributed by atoms with Crippen LogP contribution in [0, 0.1) is 0 Å². The van der Waals surface area contributed by atoms with Crippen molar-refractivity contribution in [2.45, 2.75) is 6.92 Å². The number of rotatable bonds is 2. The number of thiol groups is 1. The first-order valence-corrected chi connectivity index (χ1v) is 3.34. The van der Waals surface area contributed by atoms with Crippen LogP contribution in [0.3, 0.4) is 0 Å². The summed E-state index contributed by atoms with van der Waals surface area (Å²) in [4.78, 5) is 1.65. The van der Waals surface area contributed by atoms with Crippen LogP contribution in [-0.2, 0) is 0 Å². The fraction of sp³-hybridized carbons (Fsp3) is 0.167. The Bertz CT molecular complexity index is 140. The molecule has 0 saturated carbocycles. The van der Waals surface area contributed by atoms with Crippen LogP contribution in [-0.4, -0.2) is 9.22 Å². The second-order valence-electron chi connectivity index (χ2n) is 1.35. The number of nitrogens with zero attached hydrogens (tertiary/aromatic N) is 1. The summed E-state index contributed by atoms with van der Waals surface area (Å²) in [5.74, 6) is 0. The molecule has 0 aromatic rings. The minimum Gasteiger partial charge on any atom is -0.311 e. The first kappa shape index (κ1) is 8.72. The Labute approximate surface area is 66.5 Å². The second kappa shape index (κ2) is 4.58. The molecule has 0 bridgehead atoms. The highest BCUT2D eigenvalue weighted by atomic mass is 32.1. The summed E-state index contributed by atoms with van der Waals surface area (Å²) in [5, 5.41) is 0. The molecule has 0 aliphatic rings. The summed E-state index contributed by atoms with van der Waals surface area (Å²) in [7, 11) is 0. The van der Waals surface area contributed by atoms with Crippen LogP contribution < -0.4 is 0 Å². The van der Waals surface area contributed by atoms with Crippen LogP contribution in [0.1, 0.15) is 6.92 Å². The van der Waals surface area contributed by atoms with E-state index in [9.17, 15) is 0 Å². The lowest BCUT2D eigenvalue weighted by atomic mass is 10.6. The molecule has 0 aromatic heterocycles. The van der Waals surface area contributed by atoms with Gasteiger partial charge in [-0.05, 0) is 6.92 Å². The van der Waals surface area contributed by atoms with Gasteiger partial charge in [0.1, 0.15) is 4.32 Å². The smallest absolute Gasteiger partial charge is 0.141 e. The van der Waals surface area contributed by atoms with Gasteiger partial charge in [0, 0.05) is 12.4 Å². The molecule has 50 valence electrons. The molecule has 0 fully saturated rings. The Morgan fingerprint density at radius 1 is 1.78 bits per heavy atom. The number of allylic oxidation sites excluding steroid dienone is 1. The maximum absolute atomic E-state index is 4.75. The average Bonchev–Trinajstić information content (AvgIpc) is 1.82. The van der Waals surface area contributed by atoms with Crippen molar-refractivity contribution in [3.8, 4) is 0 Å². The molecule has 3 heteroatoms. The summed E-state index contributed by atoms with van der Waals surface area (Å²) >= 11 is 8.69. The van der Waals surface area contributed by atoms with Gasteiger partial charge in [-0.2, -0.15) is 0 Å². The topological polar surface area (TPSA) is 3.24 Å². The Morgan fingerprint density at radius 3 is 2.44 bits per heavy atom. The van der Waals surface area contributed by atoms with Crippen LogP contribution in [0.5, 0.6) is 0 Å². The summed E-state index contributed by atoms with van der Waals surface area (Å²) in [6.45, 7) is 5.44. The molecule has 0 unspecified atom stereocenters. The molecule has 0 heterocycles. The van der Waals surface area contributed by atoms with Crippen LogP contribution in [0.2, 0.25) is 0 Å². The monoisotopic (exact) mass is 159 g/mol. The van der Waals surface area contributed by atoms with E-state index in [1.165, 1.54) is 0 Å². The van der Waals surface area contributed by atoms with Gasteiger partial charge in [0.25, 0.3) is 0 Å². The van der Waals surface area contributed by atoms with Gasteiger partial charge in [-0.25, -0.2) is 0 Å². The normalized spacial score (nSPS) is 9.56. The van der Waals surface area contributed by atoms with E-state index in [2.05, 4.69) is 19.2 Å². The highest BCUT2D eigenvalue weighted by Crippen LogP contribution is 1.96. The van der Waals surface area contributed by atoms with E-state index in [4.69, 9.17) is 12.2 Å². The van der Waals surface area contributed by atoms with Crippen LogP contribution in [0.4, 0.5) is 0 Å². The van der Waals surface area contributed by atoms with Gasteiger partial charge in [-0.3, -0.25) is 0 Å². The number of hydrogen-bond donors (Lipinski definition) is 1. The van der Waals surface area contributed by atoms with E-state index in [0.29, 0.717) is 4.32 Å². The Morgan fingerprint density at radius 2 is 2.33 bits per heavy atom. The third-order valence-corrected chi connectivity index (χ3v) is 1.17. The standard InChI is InChI=1S/C6H9NS2/c1-3-5-7(4-2)6(8)9/h3-5H,2H2,1H3,(H,8,9). The van der Waals surface area contributed by atoms with Gasteiger partial charge < -0.3 is 4.90 Å². The van der Waals surface area contributed by atoms with Gasteiger partial charge in [-0.15, -0.1) is 12.6 Å². The fourth-order valence-electron chi connectivity index (χ4n) is 0.363. The maximum Gasteiger partial charge on any atom is 0.141 e. The fourth-order valence-corrected chi connectivity index (χ4v) is 0.647. The lowest BCUT2D eigenvalue weighted by molar-refractivity contribution is 0.793. The Hall–Kier alpha value is -0.280. The van der Waals surface area contributed by atoms with Crippen molar-refractivity contribution in [1.82, 2.24) is 4.90 Å². The predicted molar refractivity (Wildman–Crippen MR) is 48.4 cm³/mol. The average molecular weight is 159 g/mol. The van der Waals surface area contributed by atoms with Crippen molar-refractivity contribution in [3.63, 3.8) is 0 Å². The molecule has 1 nitrogen and oxygen atoms in total. The van der Waals surface area contributed by atoms with Gasteiger partial charge in [0.05, 0.1) is 0 Å². The highest BCUT2D eigenvalue weighted by molar-refractivity contribution is 8.10. The Balaban J connectivity index is 3.98. The molecule has 0 saturated heterocycles. The summed E-state index contributed by atoms with van der Waals surface area (Å²) in [5.41, 5.74) is 0. The number of hydrogen-bond acceptors (Lipinski definition) is 1. The zero-order valence-electron chi connectivity index (χ0n) is 5.24. The van der Waals surface area contributed by atoms with E-state index in [-0.39, 0.29) is 0 Å². The van der Waals surface area contributed by atoms with Crippen molar-refractivity contribution in [1.29, 1.82) is 0 Å². The molecular formula is C6H9NS2. The van der Waals surface area contributed by atoms with Crippen LogP contribution >= 0.6 is 24.8 Å². The van der Waals surface area contributed by atoms with E-state index < -0.39 is 0 Å². The first-order chi connectivity index (χ1) is 4.22. The van der Waals surface area contributed by atoms with Gasteiger partial charge in [-0.1, -0.05) is 24.9 Å². The number of thiocarbonyl (C=S) groups is 1. The minimum absolute atomic E-state index is 0.503. The van der Waals surface area contributed by atoms with Crippen molar-refractivity contribution < 1.29 is 0 Å². The summed E-state index contributed by atoms with van der Waals surface area (Å²) in [6.07, 6.45) is 5.27. The quantitative estimate of drug-likeness (QED) is 0.486. The predicted octanol–water partition coefficient (Wildman–Crippen LogP) is 2.18. The molecule has 0 aliphatic heterocycles. The molecule has 0 amide bonds. The van der Waals surface area contributed by atoms with Crippen LogP contribution in [0.15, 0.2) is 25.1 Å². The Kier molecular flexibility index (Phi) is 4.44. The SMILES string of the molecule is C=CN(C=CC)C(=S)S. The van der Waals surface area contributed by atoms with Crippen LogP contribution in [0.25, 0.3) is 0 Å². The molecule has 0 radical (unpaired) electrons. The second-order valence-corrected chi connectivity index (χ2v) is 2.47. The third kappa shape index (κ3) is 3.32. The third-order valence-electron chi connectivity index (χ3n) is 0.727. The summed E-state index contributed by atoms with van der Waals surface area (Å²) < 4.78 is 0.503. The lowest BCUT2D eigenvalue weighted by Crippen LogP contribution is -2.10. The van der Waals surface area contributed by atoms with Crippen molar-refractivity contribution in [3.05, 3.63) is 25.1 Å². The summed E-state index contributed by atoms with van der Waals surface area (Å²) in [6, 6.07) is 0. The molecule has 0 N–H and O–H groups in total. The van der Waals surface area contributed by atoms with Crippen molar-refractivity contribution in [2.24, 2.45) is 0 Å². The van der Waals surface area contributed by atoms with E-state index >= 15 is 0 Å². The van der Waals surface area contributed by atoms with E-state index in [1.54, 1.807) is 17.3 Å².